The van der Waals surface area contributed by atoms with Crippen LogP contribution in [0.15, 0.2) is 18.2 Å². The first-order valence-corrected chi connectivity index (χ1v) is 5.86. The van der Waals surface area contributed by atoms with E-state index >= 15 is 0 Å². The molecule has 1 heterocycles. The summed E-state index contributed by atoms with van der Waals surface area (Å²) in [7, 11) is 0. The quantitative estimate of drug-likeness (QED) is 0.863. The molecule has 0 amide bonds. The first-order chi connectivity index (χ1) is 7.66. The highest BCUT2D eigenvalue weighted by Gasteiger charge is 2.25. The van der Waals surface area contributed by atoms with Gasteiger partial charge in [0.15, 0.2) is 0 Å². The molecule has 1 saturated heterocycles. The monoisotopic (exact) mass is 245 g/mol. The Morgan fingerprint density at radius 2 is 2.31 bits per heavy atom. The third-order valence-corrected chi connectivity index (χ3v) is 3.19. The fraction of sp³-hybridized carbons (Fsp3) is 0.500. The molecular formula is C12H14ClF2N. The van der Waals surface area contributed by atoms with Crippen LogP contribution < -0.4 is 5.32 Å². The number of hydrogen-bond acceptors (Lipinski definition) is 1. The highest BCUT2D eigenvalue weighted by atomic mass is 35.5. The van der Waals surface area contributed by atoms with Crippen LogP contribution in [0.25, 0.3) is 0 Å². The second kappa shape index (κ2) is 5.11. The van der Waals surface area contributed by atoms with E-state index in [1.807, 2.05) is 0 Å². The molecule has 0 aliphatic carbocycles. The van der Waals surface area contributed by atoms with E-state index in [4.69, 9.17) is 11.6 Å². The van der Waals surface area contributed by atoms with Gasteiger partial charge in [-0.3, -0.25) is 0 Å². The van der Waals surface area contributed by atoms with Crippen molar-refractivity contribution >= 4 is 11.6 Å². The van der Waals surface area contributed by atoms with Crippen molar-refractivity contribution in [2.75, 3.05) is 6.54 Å². The molecule has 1 aliphatic rings. The summed E-state index contributed by atoms with van der Waals surface area (Å²) in [6.45, 7) is 0.850. The van der Waals surface area contributed by atoms with Crippen molar-refractivity contribution in [3.8, 4) is 0 Å². The summed E-state index contributed by atoms with van der Waals surface area (Å²) in [5.41, 5.74) is 0.355. The van der Waals surface area contributed by atoms with Crippen LogP contribution in [0.2, 0.25) is 5.02 Å². The van der Waals surface area contributed by atoms with Crippen LogP contribution in [0.4, 0.5) is 8.78 Å². The molecule has 88 valence electrons. The van der Waals surface area contributed by atoms with E-state index < -0.39 is 6.17 Å². The van der Waals surface area contributed by atoms with Crippen molar-refractivity contribution in [2.24, 2.45) is 0 Å². The van der Waals surface area contributed by atoms with E-state index in [0.717, 1.165) is 19.4 Å². The molecule has 2 atom stereocenters. The number of hydrogen-bond donors (Lipinski definition) is 1. The fourth-order valence-corrected chi connectivity index (χ4v) is 2.27. The maximum Gasteiger partial charge on any atom is 0.126 e. The average Bonchev–Trinajstić information content (AvgIpc) is 2.76. The maximum atomic E-state index is 13.8. The molecular weight excluding hydrogens is 232 g/mol. The Morgan fingerprint density at radius 1 is 1.50 bits per heavy atom. The van der Waals surface area contributed by atoms with E-state index in [2.05, 4.69) is 5.32 Å². The number of alkyl halides is 1. The Labute approximate surface area is 98.8 Å². The minimum Gasteiger partial charge on any atom is -0.311 e. The third-order valence-electron chi connectivity index (χ3n) is 2.96. The van der Waals surface area contributed by atoms with Gasteiger partial charge in [-0.1, -0.05) is 11.6 Å². The lowest BCUT2D eigenvalue weighted by molar-refractivity contribution is 0.261. The van der Waals surface area contributed by atoms with Crippen LogP contribution >= 0.6 is 11.6 Å². The van der Waals surface area contributed by atoms with Crippen LogP contribution in [0.3, 0.4) is 0 Å². The van der Waals surface area contributed by atoms with Gasteiger partial charge in [-0.25, -0.2) is 8.78 Å². The van der Waals surface area contributed by atoms with Crippen molar-refractivity contribution < 1.29 is 8.78 Å². The zero-order valence-corrected chi connectivity index (χ0v) is 9.61. The van der Waals surface area contributed by atoms with E-state index in [9.17, 15) is 8.78 Å². The van der Waals surface area contributed by atoms with Crippen LogP contribution in [0.5, 0.6) is 0 Å². The maximum absolute atomic E-state index is 13.8. The Balaban J connectivity index is 2.04. The molecule has 1 aliphatic heterocycles. The first kappa shape index (κ1) is 11.8. The van der Waals surface area contributed by atoms with E-state index in [1.54, 1.807) is 0 Å². The first-order valence-electron chi connectivity index (χ1n) is 5.48. The van der Waals surface area contributed by atoms with Gasteiger partial charge in [-0.2, -0.15) is 0 Å². The molecule has 1 aromatic carbocycles. The topological polar surface area (TPSA) is 12.0 Å². The van der Waals surface area contributed by atoms with Gasteiger partial charge >= 0.3 is 0 Å². The lowest BCUT2D eigenvalue weighted by Crippen LogP contribution is -2.33. The second-order valence-corrected chi connectivity index (χ2v) is 4.60. The number of halogens is 3. The fourth-order valence-electron chi connectivity index (χ4n) is 2.07. The van der Waals surface area contributed by atoms with Crippen molar-refractivity contribution in [3.05, 3.63) is 34.6 Å². The zero-order chi connectivity index (χ0) is 11.5. The smallest absolute Gasteiger partial charge is 0.126 e. The third kappa shape index (κ3) is 2.71. The minimum atomic E-state index is -1.05. The molecule has 1 aromatic rings. The van der Waals surface area contributed by atoms with Crippen LogP contribution in [-0.4, -0.2) is 18.8 Å². The van der Waals surface area contributed by atoms with Gasteiger partial charge in [0.05, 0.1) is 0 Å². The zero-order valence-electron chi connectivity index (χ0n) is 8.85. The van der Waals surface area contributed by atoms with Gasteiger partial charge in [-0.15, -0.1) is 0 Å². The van der Waals surface area contributed by atoms with Gasteiger partial charge in [0.1, 0.15) is 12.0 Å². The molecule has 0 bridgehead atoms. The highest BCUT2D eigenvalue weighted by Crippen LogP contribution is 2.21. The Hall–Kier alpha value is -0.670. The van der Waals surface area contributed by atoms with Crippen molar-refractivity contribution in [3.63, 3.8) is 0 Å². The summed E-state index contributed by atoms with van der Waals surface area (Å²) >= 11 is 5.76. The minimum absolute atomic E-state index is 0.0874. The van der Waals surface area contributed by atoms with Gasteiger partial charge < -0.3 is 5.32 Å². The lowest BCUT2D eigenvalue weighted by atomic mass is 10.0. The number of benzene rings is 1. The SMILES string of the molecule is Fc1ccc(Cl)cc1CC(F)C1CCCN1. The van der Waals surface area contributed by atoms with E-state index in [1.165, 1.54) is 18.2 Å². The van der Waals surface area contributed by atoms with Crippen LogP contribution in [0, 0.1) is 5.82 Å². The predicted octanol–water partition coefficient (Wildman–Crippen LogP) is 3.11. The summed E-state index contributed by atoms with van der Waals surface area (Å²) < 4.78 is 27.2. The summed E-state index contributed by atoms with van der Waals surface area (Å²) in [6, 6.07) is 4.12. The molecule has 0 spiro atoms. The van der Waals surface area contributed by atoms with Crippen molar-refractivity contribution in [2.45, 2.75) is 31.5 Å². The highest BCUT2D eigenvalue weighted by molar-refractivity contribution is 6.30. The number of rotatable bonds is 3. The van der Waals surface area contributed by atoms with E-state index in [0.29, 0.717) is 10.6 Å². The van der Waals surface area contributed by atoms with Gasteiger partial charge in [0.2, 0.25) is 0 Å². The molecule has 2 unspecified atom stereocenters. The Kier molecular flexibility index (Phi) is 3.77. The van der Waals surface area contributed by atoms with Crippen molar-refractivity contribution in [1.82, 2.24) is 5.32 Å². The van der Waals surface area contributed by atoms with Gasteiger partial charge in [0, 0.05) is 17.5 Å². The molecule has 0 radical (unpaired) electrons. The molecule has 1 nitrogen and oxygen atoms in total. The predicted molar refractivity (Wildman–Crippen MR) is 61.0 cm³/mol. The Morgan fingerprint density at radius 3 is 3.00 bits per heavy atom. The molecule has 1 fully saturated rings. The largest absolute Gasteiger partial charge is 0.311 e. The molecule has 16 heavy (non-hydrogen) atoms. The van der Waals surface area contributed by atoms with Gasteiger partial charge in [-0.05, 0) is 43.1 Å². The number of nitrogens with one attached hydrogen (secondary N) is 1. The molecule has 0 saturated carbocycles. The molecule has 4 heteroatoms. The van der Waals surface area contributed by atoms with Crippen molar-refractivity contribution in [1.29, 1.82) is 0 Å². The summed E-state index contributed by atoms with van der Waals surface area (Å²) in [4.78, 5) is 0. The lowest BCUT2D eigenvalue weighted by Gasteiger charge is -2.16. The molecule has 1 N–H and O–H groups in total. The standard InChI is InChI=1S/C12H14ClF2N/c13-9-3-4-10(14)8(6-9)7-11(15)12-2-1-5-16-12/h3-4,6,11-12,16H,1-2,5,7H2. The van der Waals surface area contributed by atoms with E-state index in [-0.39, 0.29) is 18.3 Å². The van der Waals surface area contributed by atoms with Crippen LogP contribution in [-0.2, 0) is 6.42 Å². The molecule has 0 aromatic heterocycles. The second-order valence-electron chi connectivity index (χ2n) is 4.16. The summed E-state index contributed by atoms with van der Waals surface area (Å²) in [5, 5.41) is 3.53. The normalized spacial score (nSPS) is 22.3. The molecule has 2 rings (SSSR count). The summed E-state index contributed by atoms with van der Waals surface area (Å²) in [5.74, 6) is -0.384. The Bertz CT molecular complexity index is 364. The van der Waals surface area contributed by atoms with Gasteiger partial charge in [0.25, 0.3) is 0 Å². The summed E-state index contributed by atoms with van der Waals surface area (Å²) in [6.07, 6.45) is 0.853. The average molecular weight is 246 g/mol. The van der Waals surface area contributed by atoms with Crippen LogP contribution in [0.1, 0.15) is 18.4 Å².